The molecule has 0 saturated heterocycles. The predicted octanol–water partition coefficient (Wildman–Crippen LogP) is 2.57. The summed E-state index contributed by atoms with van der Waals surface area (Å²) in [7, 11) is 0. The molecule has 6 heteroatoms. The third-order valence-electron chi connectivity index (χ3n) is 2.84. The Morgan fingerprint density at radius 1 is 1.00 bits per heavy atom. The molecule has 0 bridgehead atoms. The summed E-state index contributed by atoms with van der Waals surface area (Å²) in [6, 6.07) is 8.37. The van der Waals surface area contributed by atoms with E-state index >= 15 is 0 Å². The smallest absolute Gasteiger partial charge is 0.269 e. The standard InChI is InChI=1S/C13H10N4O2/c18-17(19)12-3-1-11(2-4-12)15-7-5-13(9-15)16-8-6-14-10-16/h1-10H. The maximum Gasteiger partial charge on any atom is 0.269 e. The van der Waals surface area contributed by atoms with E-state index in [0.29, 0.717) is 0 Å². The molecule has 0 spiro atoms. The molecule has 94 valence electrons. The zero-order chi connectivity index (χ0) is 13.2. The summed E-state index contributed by atoms with van der Waals surface area (Å²) in [5.74, 6) is 0. The Morgan fingerprint density at radius 2 is 1.79 bits per heavy atom. The van der Waals surface area contributed by atoms with E-state index < -0.39 is 4.92 Å². The first kappa shape index (κ1) is 11.2. The minimum Gasteiger partial charge on any atom is -0.322 e. The molecule has 0 aliphatic carbocycles. The molecule has 2 aromatic heterocycles. The normalized spacial score (nSPS) is 10.5. The van der Waals surface area contributed by atoms with Crippen molar-refractivity contribution in [2.24, 2.45) is 0 Å². The van der Waals surface area contributed by atoms with Crippen LogP contribution in [0.15, 0.2) is 61.4 Å². The second-order valence-corrected chi connectivity index (χ2v) is 4.02. The number of hydrogen-bond donors (Lipinski definition) is 0. The fourth-order valence-corrected chi connectivity index (χ4v) is 1.86. The quantitative estimate of drug-likeness (QED) is 0.533. The van der Waals surface area contributed by atoms with Gasteiger partial charge in [-0.2, -0.15) is 0 Å². The van der Waals surface area contributed by atoms with E-state index in [9.17, 15) is 10.1 Å². The van der Waals surface area contributed by atoms with Crippen LogP contribution >= 0.6 is 0 Å². The van der Waals surface area contributed by atoms with E-state index in [1.54, 1.807) is 24.7 Å². The van der Waals surface area contributed by atoms with E-state index in [2.05, 4.69) is 4.98 Å². The highest BCUT2D eigenvalue weighted by molar-refractivity contribution is 5.43. The molecule has 0 atom stereocenters. The molecule has 1 aromatic carbocycles. The van der Waals surface area contributed by atoms with Gasteiger partial charge in [-0.1, -0.05) is 0 Å². The highest BCUT2D eigenvalue weighted by Gasteiger charge is 2.05. The van der Waals surface area contributed by atoms with Crippen LogP contribution in [0.5, 0.6) is 0 Å². The fourth-order valence-electron chi connectivity index (χ4n) is 1.86. The number of non-ortho nitro benzene ring substituents is 1. The van der Waals surface area contributed by atoms with Gasteiger partial charge in [0.05, 0.1) is 16.9 Å². The number of hydrogen-bond acceptors (Lipinski definition) is 3. The number of imidazole rings is 1. The Morgan fingerprint density at radius 3 is 2.42 bits per heavy atom. The van der Waals surface area contributed by atoms with Crippen LogP contribution in [-0.2, 0) is 0 Å². The van der Waals surface area contributed by atoms with Crippen molar-refractivity contribution >= 4 is 5.69 Å². The summed E-state index contributed by atoms with van der Waals surface area (Å²) >= 11 is 0. The van der Waals surface area contributed by atoms with Crippen LogP contribution in [0.4, 0.5) is 5.69 Å². The van der Waals surface area contributed by atoms with E-state index in [-0.39, 0.29) is 5.69 Å². The molecule has 6 nitrogen and oxygen atoms in total. The average molecular weight is 254 g/mol. The lowest BCUT2D eigenvalue weighted by Crippen LogP contribution is -1.92. The van der Waals surface area contributed by atoms with E-state index in [1.165, 1.54) is 12.1 Å². The van der Waals surface area contributed by atoms with E-state index in [4.69, 9.17) is 0 Å². The van der Waals surface area contributed by atoms with Gasteiger partial charge in [0.15, 0.2) is 0 Å². The van der Waals surface area contributed by atoms with Crippen LogP contribution in [0.3, 0.4) is 0 Å². The Balaban J connectivity index is 1.92. The van der Waals surface area contributed by atoms with Crippen LogP contribution in [0.25, 0.3) is 11.4 Å². The molecular formula is C13H10N4O2. The number of nitro groups is 1. The molecule has 0 amide bonds. The van der Waals surface area contributed by atoms with Crippen LogP contribution in [0.2, 0.25) is 0 Å². The van der Waals surface area contributed by atoms with E-state index in [0.717, 1.165) is 11.4 Å². The molecular weight excluding hydrogens is 244 g/mol. The molecule has 2 heterocycles. The van der Waals surface area contributed by atoms with Gasteiger partial charge in [-0.15, -0.1) is 0 Å². The first-order chi connectivity index (χ1) is 9.24. The van der Waals surface area contributed by atoms with Gasteiger partial charge in [0, 0.05) is 42.6 Å². The Kier molecular flexibility index (Phi) is 2.60. The monoisotopic (exact) mass is 254 g/mol. The van der Waals surface area contributed by atoms with Gasteiger partial charge in [-0.25, -0.2) is 4.98 Å². The highest BCUT2D eigenvalue weighted by atomic mass is 16.6. The molecule has 3 aromatic rings. The second kappa shape index (κ2) is 4.41. The largest absolute Gasteiger partial charge is 0.322 e. The Hall–Kier alpha value is -2.89. The van der Waals surface area contributed by atoms with E-state index in [1.807, 2.05) is 33.8 Å². The summed E-state index contributed by atoms with van der Waals surface area (Å²) in [6.07, 6.45) is 9.12. The zero-order valence-corrected chi connectivity index (χ0v) is 9.88. The van der Waals surface area contributed by atoms with Gasteiger partial charge in [-0.05, 0) is 18.2 Å². The van der Waals surface area contributed by atoms with Gasteiger partial charge in [-0.3, -0.25) is 10.1 Å². The number of aromatic nitrogens is 3. The van der Waals surface area contributed by atoms with Crippen molar-refractivity contribution < 1.29 is 4.92 Å². The molecule has 3 rings (SSSR count). The van der Waals surface area contributed by atoms with Gasteiger partial charge >= 0.3 is 0 Å². The Labute approximate surface area is 108 Å². The van der Waals surface area contributed by atoms with Crippen molar-refractivity contribution in [2.45, 2.75) is 0 Å². The fraction of sp³-hybridized carbons (Fsp3) is 0. The minimum atomic E-state index is -0.406. The van der Waals surface area contributed by atoms with Gasteiger partial charge < -0.3 is 9.13 Å². The molecule has 0 fully saturated rings. The summed E-state index contributed by atoms with van der Waals surface area (Å²) in [5, 5.41) is 10.6. The molecule has 19 heavy (non-hydrogen) atoms. The summed E-state index contributed by atoms with van der Waals surface area (Å²) < 4.78 is 3.79. The van der Waals surface area contributed by atoms with Crippen molar-refractivity contribution in [3.05, 3.63) is 71.6 Å². The van der Waals surface area contributed by atoms with Crippen LogP contribution in [-0.4, -0.2) is 19.0 Å². The molecule has 0 N–H and O–H groups in total. The molecule has 0 unspecified atom stereocenters. The van der Waals surface area contributed by atoms with Gasteiger partial charge in [0.1, 0.15) is 0 Å². The third-order valence-corrected chi connectivity index (χ3v) is 2.84. The third kappa shape index (κ3) is 2.11. The van der Waals surface area contributed by atoms with Crippen LogP contribution in [0, 0.1) is 10.1 Å². The summed E-state index contributed by atoms with van der Waals surface area (Å²) in [5.41, 5.74) is 1.94. The molecule has 0 aliphatic rings. The van der Waals surface area contributed by atoms with Gasteiger partial charge in [0.2, 0.25) is 0 Å². The van der Waals surface area contributed by atoms with Gasteiger partial charge in [0.25, 0.3) is 5.69 Å². The van der Waals surface area contributed by atoms with Crippen LogP contribution < -0.4 is 0 Å². The number of nitro benzene ring substituents is 1. The average Bonchev–Trinajstić information content (AvgIpc) is 3.10. The highest BCUT2D eigenvalue weighted by Crippen LogP contribution is 2.17. The lowest BCUT2D eigenvalue weighted by molar-refractivity contribution is -0.384. The van der Waals surface area contributed by atoms with Crippen LogP contribution in [0.1, 0.15) is 0 Å². The second-order valence-electron chi connectivity index (χ2n) is 4.02. The summed E-state index contributed by atoms with van der Waals surface area (Å²) in [6.45, 7) is 0. The van der Waals surface area contributed by atoms with Crippen molar-refractivity contribution in [2.75, 3.05) is 0 Å². The van der Waals surface area contributed by atoms with Crippen molar-refractivity contribution in [1.29, 1.82) is 0 Å². The summed E-state index contributed by atoms with van der Waals surface area (Å²) in [4.78, 5) is 14.2. The van der Waals surface area contributed by atoms with Crippen molar-refractivity contribution in [3.8, 4) is 11.4 Å². The SMILES string of the molecule is O=[N+]([O-])c1ccc(-n2ccc(-n3ccnc3)c2)cc1. The topological polar surface area (TPSA) is 65.9 Å². The lowest BCUT2D eigenvalue weighted by Gasteiger charge is -2.02. The lowest BCUT2D eigenvalue weighted by atomic mass is 10.3. The number of nitrogens with zero attached hydrogens (tertiary/aromatic N) is 4. The molecule has 0 aliphatic heterocycles. The minimum absolute atomic E-state index is 0.0886. The first-order valence-electron chi connectivity index (χ1n) is 5.65. The molecule has 0 radical (unpaired) electrons. The predicted molar refractivity (Wildman–Crippen MR) is 69.5 cm³/mol. The first-order valence-corrected chi connectivity index (χ1v) is 5.65. The maximum absolute atomic E-state index is 10.6. The number of benzene rings is 1. The zero-order valence-electron chi connectivity index (χ0n) is 9.88. The van der Waals surface area contributed by atoms with Crippen molar-refractivity contribution in [1.82, 2.24) is 14.1 Å². The Bertz CT molecular complexity index is 699. The molecule has 0 saturated carbocycles. The maximum atomic E-state index is 10.6. The van der Waals surface area contributed by atoms with Crippen molar-refractivity contribution in [3.63, 3.8) is 0 Å². The number of rotatable bonds is 3.